The van der Waals surface area contributed by atoms with E-state index in [4.69, 9.17) is 0 Å². The van der Waals surface area contributed by atoms with Crippen LogP contribution in [-0.4, -0.2) is 17.4 Å². The third kappa shape index (κ3) is 21.3. The molecule has 0 rings (SSSR count). The molecule has 0 aromatic carbocycles. The van der Waals surface area contributed by atoms with Crippen molar-refractivity contribution in [1.82, 2.24) is 0 Å². The van der Waals surface area contributed by atoms with Gasteiger partial charge in [-0.25, -0.2) is 0 Å². The van der Waals surface area contributed by atoms with Crippen LogP contribution in [-0.2, 0) is 0 Å². The molecule has 0 aliphatic heterocycles. The molecule has 0 amide bonds. The fourth-order valence-electron chi connectivity index (χ4n) is 0. The van der Waals surface area contributed by atoms with Gasteiger partial charge in [0.2, 0.25) is 0 Å². The molecular weight excluding hydrogens is 347 g/mol. The molecule has 0 N–H and O–H groups in total. The summed E-state index contributed by atoms with van der Waals surface area (Å²) in [5, 5.41) is 0. The van der Waals surface area contributed by atoms with E-state index in [1.54, 1.807) is 0 Å². The largest absolute Gasteiger partial charge is 3.00 e. The van der Waals surface area contributed by atoms with Gasteiger partial charge >= 0.3 is 17.4 Å². The van der Waals surface area contributed by atoms with E-state index in [0.29, 0.717) is 0 Å². The topological polar surface area (TPSA) is 0 Å². The minimum Gasteiger partial charge on any atom is -1.00 e. The summed E-state index contributed by atoms with van der Waals surface area (Å²) in [6.45, 7) is 0. The molecule has 0 atom stereocenters. The van der Waals surface area contributed by atoms with Crippen molar-refractivity contribution in [1.29, 1.82) is 0 Å². The molecule has 0 spiro atoms. The van der Waals surface area contributed by atoms with E-state index in [-0.39, 0.29) is 85.3 Å². The second-order valence-electron chi connectivity index (χ2n) is 0. The van der Waals surface area contributed by atoms with Crippen LogP contribution in [0, 0.1) is 0 Å². The average molecular weight is 348 g/mol. The van der Waals surface area contributed by atoms with E-state index in [0.717, 1.165) is 0 Å². The van der Waals surface area contributed by atoms with Crippen molar-refractivity contribution in [2.45, 2.75) is 0 Å². The molecule has 0 unspecified atom stereocenters. The van der Waals surface area contributed by atoms with Gasteiger partial charge in [0.05, 0.1) is 0 Å². The molecule has 5 heavy (non-hydrogen) atoms. The Balaban J connectivity index is 0. The molecule has 0 saturated heterocycles. The van der Waals surface area contributed by atoms with Crippen LogP contribution in [0.1, 0.15) is 0 Å². The summed E-state index contributed by atoms with van der Waals surface area (Å²) in [5.41, 5.74) is 0. The molecule has 0 fully saturated rings. The van der Waals surface area contributed by atoms with Gasteiger partial charge in [0.1, 0.15) is 0 Å². The molecule has 0 aromatic rings. The summed E-state index contributed by atoms with van der Waals surface area (Å²) in [5.74, 6) is 0. The summed E-state index contributed by atoms with van der Waals surface area (Å²) in [6.07, 6.45) is 0. The fraction of sp³-hybridized carbons (Fsp3) is 0. The van der Waals surface area contributed by atoms with Crippen LogP contribution in [0.25, 0.3) is 0 Å². The summed E-state index contributed by atoms with van der Waals surface area (Å²) < 4.78 is 0. The Morgan fingerprint density at radius 2 is 0.600 bits per heavy atom. The summed E-state index contributed by atoms with van der Waals surface area (Å²) in [6, 6.07) is 0. The zero-order chi connectivity index (χ0) is 0. The zero-order valence-electron chi connectivity index (χ0n) is 2.12. The number of halogens is 4. The van der Waals surface area contributed by atoms with Crippen LogP contribution in [0.4, 0.5) is 0 Å². The first-order valence-electron chi connectivity index (χ1n) is 0. The van der Waals surface area contributed by atoms with E-state index in [1.165, 1.54) is 0 Å². The van der Waals surface area contributed by atoms with Crippen LogP contribution in [0.15, 0.2) is 0 Å². The van der Waals surface area contributed by atoms with Crippen molar-refractivity contribution in [2.75, 3.05) is 0 Å². The molecule has 32 valence electrons. The Morgan fingerprint density at radius 3 is 0.600 bits per heavy atom. The van der Waals surface area contributed by atoms with Crippen molar-refractivity contribution < 1.29 is 50.9 Å². The second-order valence-corrected chi connectivity index (χ2v) is 0. The normalized spacial score (nSPS) is 0. The minimum absolute atomic E-state index is 0. The minimum atomic E-state index is 0. The smallest absolute Gasteiger partial charge is 1.00 e. The van der Waals surface area contributed by atoms with Gasteiger partial charge in [0.15, 0.2) is 0 Å². The Kier molecular flexibility index (Phi) is 329. The monoisotopic (exact) mass is 344 g/mol. The van der Waals surface area contributed by atoms with Gasteiger partial charge in [0, 0.05) is 0 Å². The third-order valence-corrected chi connectivity index (χ3v) is 0. The summed E-state index contributed by atoms with van der Waals surface area (Å²) in [4.78, 5) is 0. The van der Waals surface area contributed by atoms with Gasteiger partial charge < -0.3 is 50.9 Å². The molecule has 0 aromatic heterocycles. The first-order valence-corrected chi connectivity index (χ1v) is 0. The summed E-state index contributed by atoms with van der Waals surface area (Å²) >= 11 is 0. The fourth-order valence-corrected chi connectivity index (χ4v) is 0. The van der Waals surface area contributed by atoms with Gasteiger partial charge in [-0.15, -0.1) is 17.0 Å². The van der Waals surface area contributed by atoms with E-state index in [1.807, 2.05) is 0 Å². The van der Waals surface area contributed by atoms with E-state index >= 15 is 0 Å². The van der Waals surface area contributed by atoms with Crippen molar-refractivity contribution in [2.24, 2.45) is 0 Å². The maximum atomic E-state index is 0. The molecule has 0 nitrogen and oxygen atoms in total. The predicted octanol–water partition coefficient (Wildman–Crippen LogP) is -8.79. The first kappa shape index (κ1) is 51.6. The Bertz CT molecular complexity index is 3.61. The predicted molar refractivity (Wildman–Crippen MR) is 16.1 cm³/mol. The van der Waals surface area contributed by atoms with Crippen LogP contribution in [0.5, 0.6) is 0 Å². The van der Waals surface area contributed by atoms with Crippen LogP contribution in [0.3, 0.4) is 0 Å². The molecule has 0 radical (unpaired) electrons. The summed E-state index contributed by atoms with van der Waals surface area (Å²) in [7, 11) is 0. The molecule has 0 bridgehead atoms. The van der Waals surface area contributed by atoms with Crippen molar-refractivity contribution in [3.8, 4) is 0 Å². The second kappa shape index (κ2) is 31.9. The Labute approximate surface area is 84.3 Å². The average Bonchev–Trinajstić information content (AvgIpc) is 0. The Hall–Kier alpha value is 2.45. The number of hydrogen-bond donors (Lipinski definition) is 0. The maximum absolute atomic E-state index is 0. The zero-order valence-corrected chi connectivity index (χ0v) is 9.75. The number of hydrogen-bond acceptors (Lipinski definition) is 0. The van der Waals surface area contributed by atoms with E-state index < -0.39 is 0 Å². The standard InChI is InChI=1S/Al.4BrH/h;4*1H/q+3;;;;/p-3. The first-order chi connectivity index (χ1) is 0. The SMILES string of the molecule is Br.[Al+3].[Br-].[Br-].[Br-]. The van der Waals surface area contributed by atoms with Gasteiger partial charge in [-0.1, -0.05) is 0 Å². The van der Waals surface area contributed by atoms with E-state index in [2.05, 4.69) is 0 Å². The van der Waals surface area contributed by atoms with Crippen molar-refractivity contribution in [3.63, 3.8) is 0 Å². The molecule has 0 aliphatic rings. The van der Waals surface area contributed by atoms with Crippen molar-refractivity contribution >= 4 is 34.3 Å². The molecule has 0 saturated carbocycles. The van der Waals surface area contributed by atoms with Crippen LogP contribution >= 0.6 is 17.0 Å². The maximum Gasteiger partial charge on any atom is 3.00 e. The number of rotatable bonds is 0. The van der Waals surface area contributed by atoms with Gasteiger partial charge in [-0.2, -0.15) is 0 Å². The Morgan fingerprint density at radius 1 is 0.600 bits per heavy atom. The molecule has 0 heterocycles. The van der Waals surface area contributed by atoms with E-state index in [9.17, 15) is 0 Å². The van der Waals surface area contributed by atoms with Gasteiger partial charge in [0.25, 0.3) is 0 Å². The molecule has 0 aliphatic carbocycles. The third-order valence-electron chi connectivity index (χ3n) is 0. The molecule has 5 heteroatoms. The quantitative estimate of drug-likeness (QED) is 0.382. The van der Waals surface area contributed by atoms with Crippen LogP contribution in [0.2, 0.25) is 0 Å². The van der Waals surface area contributed by atoms with Gasteiger partial charge in [-0.3, -0.25) is 0 Å². The van der Waals surface area contributed by atoms with Crippen molar-refractivity contribution in [3.05, 3.63) is 0 Å². The van der Waals surface area contributed by atoms with Crippen LogP contribution < -0.4 is 50.9 Å². The van der Waals surface area contributed by atoms with Gasteiger partial charge in [-0.05, 0) is 0 Å². The molecular formula is HAlBr4.